The van der Waals surface area contributed by atoms with Crippen molar-refractivity contribution in [3.63, 3.8) is 0 Å². The number of benzene rings is 4. The van der Waals surface area contributed by atoms with Crippen molar-refractivity contribution in [2.75, 3.05) is 7.11 Å². The van der Waals surface area contributed by atoms with E-state index in [0.717, 1.165) is 5.69 Å². The van der Waals surface area contributed by atoms with E-state index >= 15 is 0 Å². The van der Waals surface area contributed by atoms with Gasteiger partial charge >= 0.3 is 0 Å². The Bertz CT molecular complexity index is 1450. The van der Waals surface area contributed by atoms with Crippen molar-refractivity contribution in [1.82, 2.24) is 9.55 Å². The molecule has 0 saturated carbocycles. The first-order chi connectivity index (χ1) is 15.2. The largest absolute Gasteiger partial charge is 0.497 e. The first-order valence-corrected chi connectivity index (χ1v) is 11.0. The van der Waals surface area contributed by atoms with E-state index in [-0.39, 0.29) is 5.56 Å². The van der Waals surface area contributed by atoms with Crippen LogP contribution in [0.4, 0.5) is 0 Å². The van der Waals surface area contributed by atoms with E-state index < -0.39 is 0 Å². The fraction of sp³-hybridized carbons (Fsp3) is 0.0769. The van der Waals surface area contributed by atoms with Crippen molar-refractivity contribution in [2.45, 2.75) is 10.9 Å². The van der Waals surface area contributed by atoms with E-state index in [2.05, 4.69) is 36.4 Å². The number of methoxy groups -OCH3 is 1. The number of ether oxygens (including phenoxy) is 1. The highest BCUT2D eigenvalue weighted by atomic mass is 32.2. The molecule has 4 nitrogen and oxygen atoms in total. The van der Waals surface area contributed by atoms with E-state index in [1.807, 2.05) is 54.6 Å². The van der Waals surface area contributed by atoms with Crippen LogP contribution in [-0.2, 0) is 5.75 Å². The zero-order chi connectivity index (χ0) is 21.2. The SMILES string of the molecule is COc1cccc(-n2c(SCc3cccc4ccccc34)nc3ccccc3c2=O)c1. The number of rotatable bonds is 5. The molecule has 0 aliphatic rings. The molecule has 0 N–H and O–H groups in total. The third-order valence-corrected chi connectivity index (χ3v) is 6.28. The van der Waals surface area contributed by atoms with Crippen LogP contribution < -0.4 is 10.3 Å². The van der Waals surface area contributed by atoms with E-state index in [9.17, 15) is 4.79 Å². The van der Waals surface area contributed by atoms with Gasteiger partial charge in [-0.15, -0.1) is 0 Å². The molecule has 5 rings (SSSR count). The summed E-state index contributed by atoms with van der Waals surface area (Å²) >= 11 is 1.56. The number of thioether (sulfide) groups is 1. The summed E-state index contributed by atoms with van der Waals surface area (Å²) < 4.78 is 7.06. The summed E-state index contributed by atoms with van der Waals surface area (Å²) in [5.41, 5.74) is 2.57. The quantitative estimate of drug-likeness (QED) is 0.263. The fourth-order valence-electron chi connectivity index (χ4n) is 3.75. The van der Waals surface area contributed by atoms with Gasteiger partial charge in [-0.3, -0.25) is 9.36 Å². The number of para-hydroxylation sites is 1. The van der Waals surface area contributed by atoms with Gasteiger partial charge in [0, 0.05) is 11.8 Å². The number of aromatic nitrogens is 2. The molecule has 1 heterocycles. The topological polar surface area (TPSA) is 44.1 Å². The van der Waals surface area contributed by atoms with Crippen LogP contribution in [0.1, 0.15) is 5.56 Å². The molecule has 0 fully saturated rings. The maximum absolute atomic E-state index is 13.4. The van der Waals surface area contributed by atoms with Crippen LogP contribution >= 0.6 is 11.8 Å². The molecule has 0 saturated heterocycles. The minimum Gasteiger partial charge on any atom is -0.497 e. The summed E-state index contributed by atoms with van der Waals surface area (Å²) in [7, 11) is 1.62. The molecule has 0 spiro atoms. The average Bonchev–Trinajstić information content (AvgIpc) is 2.83. The van der Waals surface area contributed by atoms with Crippen molar-refractivity contribution in [3.05, 3.63) is 107 Å². The van der Waals surface area contributed by atoms with Crippen LogP contribution in [0.25, 0.3) is 27.4 Å². The first kappa shape index (κ1) is 19.4. The highest BCUT2D eigenvalue weighted by molar-refractivity contribution is 7.98. The van der Waals surface area contributed by atoms with Gasteiger partial charge in [0.25, 0.3) is 5.56 Å². The Labute approximate surface area is 184 Å². The third-order valence-electron chi connectivity index (χ3n) is 5.29. The molecular formula is C26H20N2O2S. The zero-order valence-corrected chi connectivity index (χ0v) is 17.8. The highest BCUT2D eigenvalue weighted by Gasteiger charge is 2.14. The Balaban J connectivity index is 1.64. The van der Waals surface area contributed by atoms with Crippen molar-refractivity contribution in [3.8, 4) is 11.4 Å². The van der Waals surface area contributed by atoms with Gasteiger partial charge in [-0.2, -0.15) is 0 Å². The standard InChI is InChI=1S/C26H20N2O2S/c1-30-21-12-7-11-20(16-21)28-25(29)23-14-4-5-15-24(23)27-26(28)31-17-19-10-6-9-18-8-2-3-13-22(18)19/h2-16H,17H2,1H3. The molecule has 0 aliphatic heterocycles. The van der Waals surface area contributed by atoms with E-state index in [4.69, 9.17) is 9.72 Å². The average molecular weight is 425 g/mol. The van der Waals surface area contributed by atoms with Gasteiger partial charge in [-0.05, 0) is 40.6 Å². The van der Waals surface area contributed by atoms with Gasteiger partial charge in [-0.25, -0.2) is 4.98 Å². The lowest BCUT2D eigenvalue weighted by Gasteiger charge is -2.14. The lowest BCUT2D eigenvalue weighted by atomic mass is 10.1. The van der Waals surface area contributed by atoms with Crippen LogP contribution in [-0.4, -0.2) is 16.7 Å². The second-order valence-corrected chi connectivity index (χ2v) is 8.12. The predicted molar refractivity (Wildman–Crippen MR) is 127 cm³/mol. The number of fused-ring (bicyclic) bond motifs is 2. The van der Waals surface area contributed by atoms with Crippen molar-refractivity contribution >= 4 is 33.4 Å². The maximum atomic E-state index is 13.4. The summed E-state index contributed by atoms with van der Waals surface area (Å²) in [4.78, 5) is 18.3. The third kappa shape index (κ3) is 3.68. The molecule has 0 atom stereocenters. The van der Waals surface area contributed by atoms with Crippen LogP contribution in [0, 0.1) is 0 Å². The summed E-state index contributed by atoms with van der Waals surface area (Å²) in [6.45, 7) is 0. The second kappa shape index (κ2) is 8.28. The number of hydrogen-bond acceptors (Lipinski definition) is 4. The van der Waals surface area contributed by atoms with Crippen LogP contribution in [0.2, 0.25) is 0 Å². The van der Waals surface area contributed by atoms with Gasteiger partial charge in [0.2, 0.25) is 0 Å². The lowest BCUT2D eigenvalue weighted by molar-refractivity contribution is 0.414. The van der Waals surface area contributed by atoms with Gasteiger partial charge < -0.3 is 4.74 Å². The molecule has 0 aliphatic carbocycles. The van der Waals surface area contributed by atoms with Crippen LogP contribution in [0.15, 0.2) is 101 Å². The van der Waals surface area contributed by atoms with Gasteiger partial charge in [0.05, 0.1) is 23.7 Å². The van der Waals surface area contributed by atoms with Crippen LogP contribution in [0.5, 0.6) is 5.75 Å². The Morgan fingerprint density at radius 3 is 2.48 bits per heavy atom. The fourth-order valence-corrected chi connectivity index (χ4v) is 4.76. The summed E-state index contributed by atoms with van der Waals surface area (Å²) in [6.07, 6.45) is 0. The molecule has 0 unspecified atom stereocenters. The first-order valence-electron chi connectivity index (χ1n) is 10.0. The van der Waals surface area contributed by atoms with Gasteiger partial charge in [-0.1, -0.05) is 72.4 Å². The molecule has 152 valence electrons. The van der Waals surface area contributed by atoms with E-state index in [1.165, 1.54) is 16.3 Å². The predicted octanol–water partition coefficient (Wildman–Crippen LogP) is 5.84. The Hall–Kier alpha value is -3.57. The molecule has 0 radical (unpaired) electrons. The number of nitrogens with zero attached hydrogens (tertiary/aromatic N) is 2. The summed E-state index contributed by atoms with van der Waals surface area (Å²) in [5.74, 6) is 1.40. The smallest absolute Gasteiger partial charge is 0.266 e. The zero-order valence-electron chi connectivity index (χ0n) is 17.0. The monoisotopic (exact) mass is 424 g/mol. The highest BCUT2D eigenvalue weighted by Crippen LogP contribution is 2.29. The Morgan fingerprint density at radius 2 is 1.61 bits per heavy atom. The molecule has 0 bridgehead atoms. The molecule has 5 heteroatoms. The van der Waals surface area contributed by atoms with Crippen molar-refractivity contribution in [2.24, 2.45) is 0 Å². The number of hydrogen-bond donors (Lipinski definition) is 0. The van der Waals surface area contributed by atoms with Crippen molar-refractivity contribution < 1.29 is 4.74 Å². The van der Waals surface area contributed by atoms with Crippen molar-refractivity contribution in [1.29, 1.82) is 0 Å². The normalized spacial score (nSPS) is 11.1. The molecule has 0 amide bonds. The summed E-state index contributed by atoms with van der Waals surface area (Å²) in [5, 5.41) is 3.68. The molecule has 4 aromatic carbocycles. The Kier molecular flexibility index (Phi) is 5.18. The molecule has 1 aromatic heterocycles. The Morgan fingerprint density at radius 1 is 0.871 bits per heavy atom. The van der Waals surface area contributed by atoms with E-state index in [1.54, 1.807) is 23.4 Å². The van der Waals surface area contributed by atoms with Gasteiger partial charge in [0.1, 0.15) is 5.75 Å². The second-order valence-electron chi connectivity index (χ2n) is 7.18. The maximum Gasteiger partial charge on any atom is 0.266 e. The molecule has 5 aromatic rings. The lowest BCUT2D eigenvalue weighted by Crippen LogP contribution is -2.21. The van der Waals surface area contributed by atoms with E-state index in [0.29, 0.717) is 27.6 Å². The van der Waals surface area contributed by atoms with Crippen LogP contribution in [0.3, 0.4) is 0 Å². The molecule has 31 heavy (non-hydrogen) atoms. The minimum absolute atomic E-state index is 0.0840. The van der Waals surface area contributed by atoms with Gasteiger partial charge in [0.15, 0.2) is 5.16 Å². The summed E-state index contributed by atoms with van der Waals surface area (Å²) in [6, 6.07) is 29.7. The minimum atomic E-state index is -0.0840. The molecular weight excluding hydrogens is 404 g/mol.